The molecule has 0 aliphatic carbocycles. The molecule has 12 heteroatoms. The van der Waals surface area contributed by atoms with Gasteiger partial charge in [-0.25, -0.2) is 22.0 Å². The number of hydrogen-bond acceptors (Lipinski definition) is 7. The number of nitro benzene ring substituents is 1. The zero-order chi connectivity index (χ0) is 21.1. The highest BCUT2D eigenvalue weighted by molar-refractivity contribution is 7.90. The van der Waals surface area contributed by atoms with E-state index in [1.54, 1.807) is 12.1 Å². The number of nitrogens with zero attached hydrogens (tertiary/aromatic N) is 1. The fourth-order valence-corrected chi connectivity index (χ4v) is 3.49. The lowest BCUT2D eigenvalue weighted by atomic mass is 10.1. The molecule has 0 aliphatic heterocycles. The summed E-state index contributed by atoms with van der Waals surface area (Å²) in [6.45, 7) is 0.143. The third-order valence-electron chi connectivity index (χ3n) is 3.74. The molecule has 0 heterocycles. The molecule has 0 saturated heterocycles. The summed E-state index contributed by atoms with van der Waals surface area (Å²) in [4.78, 5) is 22.1. The van der Waals surface area contributed by atoms with E-state index in [1.165, 1.54) is 12.1 Å². The summed E-state index contributed by atoms with van der Waals surface area (Å²) in [6, 6.07) is 8.71. The van der Waals surface area contributed by atoms with E-state index >= 15 is 0 Å². The second-order valence-corrected chi connectivity index (χ2v) is 9.52. The van der Waals surface area contributed by atoms with Crippen LogP contribution in [0.15, 0.2) is 52.3 Å². The van der Waals surface area contributed by atoms with Crippen molar-refractivity contribution < 1.29 is 26.6 Å². The van der Waals surface area contributed by atoms with E-state index in [2.05, 4.69) is 5.32 Å². The van der Waals surface area contributed by atoms with Crippen molar-refractivity contribution in [1.29, 1.82) is 0 Å². The van der Waals surface area contributed by atoms with Crippen LogP contribution in [0.5, 0.6) is 0 Å². The maximum atomic E-state index is 12.3. The van der Waals surface area contributed by atoms with Gasteiger partial charge in [-0.15, -0.1) is 0 Å². The first-order valence-electron chi connectivity index (χ1n) is 7.77. The number of rotatable bonds is 7. The molecule has 0 bridgehead atoms. The summed E-state index contributed by atoms with van der Waals surface area (Å²) in [5.41, 5.74) is 0.0643. The summed E-state index contributed by atoms with van der Waals surface area (Å²) in [5.74, 6) is -0.672. The zero-order valence-corrected chi connectivity index (χ0v) is 16.3. The monoisotopic (exact) mass is 427 g/mol. The Bertz CT molecular complexity index is 1130. The third-order valence-corrected chi connectivity index (χ3v) is 5.76. The van der Waals surface area contributed by atoms with E-state index in [1.807, 2.05) is 0 Å². The van der Waals surface area contributed by atoms with Crippen molar-refractivity contribution in [1.82, 2.24) is 5.32 Å². The van der Waals surface area contributed by atoms with Crippen molar-refractivity contribution in [2.75, 3.05) is 12.8 Å². The number of sulfone groups is 1. The van der Waals surface area contributed by atoms with Crippen molar-refractivity contribution in [2.45, 2.75) is 16.2 Å². The second-order valence-electron chi connectivity index (χ2n) is 5.94. The maximum Gasteiger partial charge on any atom is 0.271 e. The minimum atomic E-state index is -3.79. The molecule has 0 unspecified atom stereocenters. The Labute approximate surface area is 161 Å². The molecule has 150 valence electrons. The average Bonchev–Trinajstić information content (AvgIpc) is 2.60. The van der Waals surface area contributed by atoms with Gasteiger partial charge < -0.3 is 5.32 Å². The van der Waals surface area contributed by atoms with E-state index < -0.39 is 36.4 Å². The Hall–Kier alpha value is -2.83. The Balaban J connectivity index is 2.11. The SMILES string of the molecule is CS(=O)(=O)c1cc(C(=O)NCCc2ccc(S(N)(=O)=O)cc2)cc([N+](=O)[O-])c1. The number of nitrogens with one attached hydrogen (secondary N) is 1. The molecule has 0 saturated carbocycles. The van der Waals surface area contributed by atoms with Gasteiger partial charge in [-0.1, -0.05) is 12.1 Å². The zero-order valence-electron chi connectivity index (χ0n) is 14.7. The lowest BCUT2D eigenvalue weighted by molar-refractivity contribution is -0.385. The Morgan fingerprint density at radius 3 is 2.18 bits per heavy atom. The minimum Gasteiger partial charge on any atom is -0.352 e. The molecular weight excluding hydrogens is 410 g/mol. The number of nitro groups is 1. The molecule has 0 radical (unpaired) electrons. The summed E-state index contributed by atoms with van der Waals surface area (Å²) >= 11 is 0. The van der Waals surface area contributed by atoms with Gasteiger partial charge in [0.2, 0.25) is 10.0 Å². The highest BCUT2D eigenvalue weighted by Crippen LogP contribution is 2.21. The van der Waals surface area contributed by atoms with Gasteiger partial charge in [-0.05, 0) is 30.2 Å². The van der Waals surface area contributed by atoms with Crippen LogP contribution in [0.4, 0.5) is 5.69 Å². The standard InChI is InChI=1S/C16H17N3O7S2/c1-27(23,24)15-9-12(8-13(10-15)19(21)22)16(20)18-7-6-11-2-4-14(5-3-11)28(17,25)26/h2-5,8-10H,6-7H2,1H3,(H,18,20)(H2,17,25,26). The average molecular weight is 427 g/mol. The molecular formula is C16H17N3O7S2. The fourth-order valence-electron chi connectivity index (χ4n) is 2.30. The van der Waals surface area contributed by atoms with Crippen molar-refractivity contribution in [3.8, 4) is 0 Å². The first-order valence-corrected chi connectivity index (χ1v) is 11.2. The maximum absolute atomic E-state index is 12.3. The van der Waals surface area contributed by atoms with Crippen molar-refractivity contribution in [2.24, 2.45) is 5.14 Å². The van der Waals surface area contributed by atoms with Crippen LogP contribution in [0.25, 0.3) is 0 Å². The number of carbonyl (C=O) groups excluding carboxylic acids is 1. The predicted molar refractivity (Wildman–Crippen MR) is 100 cm³/mol. The quantitative estimate of drug-likeness (QED) is 0.482. The number of primary sulfonamides is 1. The highest BCUT2D eigenvalue weighted by Gasteiger charge is 2.19. The van der Waals surface area contributed by atoms with Crippen molar-refractivity contribution >= 4 is 31.5 Å². The van der Waals surface area contributed by atoms with E-state index in [0.29, 0.717) is 6.42 Å². The first kappa shape index (κ1) is 21.5. The first-order chi connectivity index (χ1) is 12.9. The molecule has 0 aliphatic rings. The van der Waals surface area contributed by atoms with Crippen LogP contribution in [0.2, 0.25) is 0 Å². The Morgan fingerprint density at radius 1 is 1.07 bits per heavy atom. The molecule has 0 spiro atoms. The molecule has 10 nitrogen and oxygen atoms in total. The number of non-ortho nitro benzene ring substituents is 1. The van der Waals surface area contributed by atoms with Crippen molar-refractivity contribution in [3.63, 3.8) is 0 Å². The van der Waals surface area contributed by atoms with Gasteiger partial charge in [0, 0.05) is 30.5 Å². The molecule has 0 atom stereocenters. The second kappa shape index (κ2) is 8.04. The number of sulfonamides is 1. The van der Waals surface area contributed by atoms with Crippen LogP contribution in [0.3, 0.4) is 0 Å². The molecule has 2 aromatic rings. The number of nitrogens with two attached hydrogens (primary N) is 1. The molecule has 2 rings (SSSR count). The minimum absolute atomic E-state index is 0.0369. The highest BCUT2D eigenvalue weighted by atomic mass is 32.2. The number of carbonyl (C=O) groups is 1. The van der Waals surface area contributed by atoms with Gasteiger partial charge in [-0.3, -0.25) is 14.9 Å². The Morgan fingerprint density at radius 2 is 1.68 bits per heavy atom. The smallest absolute Gasteiger partial charge is 0.271 e. The summed E-state index contributed by atoms with van der Waals surface area (Å²) in [5, 5.41) is 18.5. The van der Waals surface area contributed by atoms with Crippen LogP contribution in [-0.2, 0) is 26.3 Å². The largest absolute Gasteiger partial charge is 0.352 e. The molecule has 0 aromatic heterocycles. The molecule has 2 aromatic carbocycles. The van der Waals surface area contributed by atoms with Crippen LogP contribution in [0, 0.1) is 10.1 Å². The number of hydrogen-bond donors (Lipinski definition) is 2. The summed E-state index contributed by atoms with van der Waals surface area (Å²) < 4.78 is 45.8. The molecule has 0 fully saturated rings. The van der Waals surface area contributed by atoms with E-state index in [9.17, 15) is 31.7 Å². The van der Waals surface area contributed by atoms with E-state index in [-0.39, 0.29) is 21.9 Å². The van der Waals surface area contributed by atoms with Gasteiger partial charge in [-0.2, -0.15) is 0 Å². The van der Waals surface area contributed by atoms with Gasteiger partial charge in [0.1, 0.15) is 0 Å². The van der Waals surface area contributed by atoms with Gasteiger partial charge in [0.25, 0.3) is 11.6 Å². The molecule has 28 heavy (non-hydrogen) atoms. The Kier molecular flexibility index (Phi) is 6.17. The number of benzene rings is 2. The normalized spacial score (nSPS) is 11.8. The summed E-state index contributed by atoms with van der Waals surface area (Å²) in [6.07, 6.45) is 1.24. The third kappa shape index (κ3) is 5.58. The fraction of sp³-hybridized carbons (Fsp3) is 0.188. The van der Waals surface area contributed by atoms with Crippen LogP contribution in [0.1, 0.15) is 15.9 Å². The van der Waals surface area contributed by atoms with Crippen molar-refractivity contribution in [3.05, 3.63) is 63.7 Å². The van der Waals surface area contributed by atoms with E-state index in [4.69, 9.17) is 5.14 Å². The van der Waals surface area contributed by atoms with Crippen LogP contribution >= 0.6 is 0 Å². The van der Waals surface area contributed by atoms with Crippen LogP contribution in [-0.4, -0.2) is 40.5 Å². The van der Waals surface area contributed by atoms with Gasteiger partial charge >= 0.3 is 0 Å². The predicted octanol–water partition coefficient (Wildman–Crippen LogP) is 0.618. The topological polar surface area (TPSA) is 167 Å². The lowest BCUT2D eigenvalue weighted by Crippen LogP contribution is -2.26. The molecule has 3 N–H and O–H groups in total. The number of amides is 1. The summed E-state index contributed by atoms with van der Waals surface area (Å²) in [7, 11) is -7.53. The van der Waals surface area contributed by atoms with Crippen LogP contribution < -0.4 is 10.5 Å². The van der Waals surface area contributed by atoms with Gasteiger partial charge in [0.05, 0.1) is 14.7 Å². The lowest BCUT2D eigenvalue weighted by Gasteiger charge is -2.07. The van der Waals surface area contributed by atoms with Gasteiger partial charge in [0.15, 0.2) is 9.84 Å². The molecule has 1 amide bonds. The van der Waals surface area contributed by atoms with E-state index in [0.717, 1.165) is 30.0 Å².